The molecule has 0 radical (unpaired) electrons. The molecule has 1 fully saturated rings. The largest absolute Gasteiger partial charge is 0.469 e. The van der Waals surface area contributed by atoms with Crippen molar-refractivity contribution in [2.24, 2.45) is 0 Å². The van der Waals surface area contributed by atoms with Crippen molar-refractivity contribution in [1.29, 1.82) is 0 Å². The SMILES string of the molecule is Nc1ncnc2c1ccn2[C@]1(CO)O[C@](F)(COP(=O)(O)O)[C@@H](O)[C@H]1O. The predicted molar refractivity (Wildman–Crippen MR) is 81.9 cm³/mol. The Kier molecular flexibility index (Phi) is 4.53. The predicted octanol–water partition coefficient (Wildman–Crippen LogP) is -1.81. The summed E-state index contributed by atoms with van der Waals surface area (Å²) in [5.74, 6) is -3.15. The van der Waals surface area contributed by atoms with Crippen molar-refractivity contribution in [2.45, 2.75) is 23.8 Å². The Labute approximate surface area is 144 Å². The Balaban J connectivity index is 2.06. The number of phosphoric acid groups is 1. The molecule has 0 unspecified atom stereocenters. The number of aliphatic hydroxyl groups excluding tert-OH is 3. The van der Waals surface area contributed by atoms with Crippen LogP contribution in [-0.2, 0) is 19.6 Å². The number of rotatable bonds is 5. The molecule has 1 saturated heterocycles. The highest BCUT2D eigenvalue weighted by molar-refractivity contribution is 7.46. The summed E-state index contributed by atoms with van der Waals surface area (Å²) < 4.78 is 35.9. The van der Waals surface area contributed by atoms with Gasteiger partial charge in [-0.3, -0.25) is 9.09 Å². The van der Waals surface area contributed by atoms with E-state index in [1.54, 1.807) is 0 Å². The lowest BCUT2D eigenvalue weighted by Crippen LogP contribution is -2.48. The van der Waals surface area contributed by atoms with Crippen molar-refractivity contribution in [1.82, 2.24) is 14.5 Å². The number of ether oxygens (including phenoxy) is 1. The molecule has 1 aliphatic rings. The Morgan fingerprint density at radius 3 is 2.69 bits per heavy atom. The molecule has 3 rings (SSSR count). The van der Waals surface area contributed by atoms with Crippen molar-refractivity contribution in [3.8, 4) is 0 Å². The molecule has 12 nitrogen and oxygen atoms in total. The number of fused-ring (bicyclic) bond motifs is 1. The van der Waals surface area contributed by atoms with Crippen molar-refractivity contribution in [2.75, 3.05) is 18.9 Å². The van der Waals surface area contributed by atoms with Crippen LogP contribution in [0.25, 0.3) is 11.0 Å². The molecule has 0 spiro atoms. The molecule has 0 bridgehead atoms. The molecule has 7 N–H and O–H groups in total. The molecule has 4 atom stereocenters. The number of hydrogen-bond donors (Lipinski definition) is 6. The second kappa shape index (κ2) is 6.18. The van der Waals surface area contributed by atoms with E-state index in [9.17, 15) is 24.3 Å². The zero-order chi connectivity index (χ0) is 19.3. The monoisotopic (exact) mass is 394 g/mol. The highest BCUT2D eigenvalue weighted by Gasteiger charge is 2.65. The van der Waals surface area contributed by atoms with Gasteiger partial charge in [-0.05, 0) is 6.07 Å². The topological polar surface area (TPSA) is 193 Å². The molecule has 14 heteroatoms. The molecule has 2 aromatic heterocycles. The molecule has 3 heterocycles. The average molecular weight is 394 g/mol. The Hall–Kier alpha value is -1.70. The lowest BCUT2D eigenvalue weighted by molar-refractivity contribution is -0.252. The summed E-state index contributed by atoms with van der Waals surface area (Å²) in [6, 6.07) is 1.43. The maximum absolute atomic E-state index is 15.0. The first-order chi connectivity index (χ1) is 12.0. The highest BCUT2D eigenvalue weighted by atomic mass is 31.2. The first-order valence-corrected chi connectivity index (χ1v) is 8.71. The summed E-state index contributed by atoms with van der Waals surface area (Å²) in [5, 5.41) is 30.5. The fraction of sp³-hybridized carbons (Fsp3) is 0.500. The quantitative estimate of drug-likeness (QED) is 0.313. The first kappa shape index (κ1) is 19.1. The molecule has 2 aromatic rings. The number of halogens is 1. The zero-order valence-corrected chi connectivity index (χ0v) is 13.9. The highest BCUT2D eigenvalue weighted by Crippen LogP contribution is 2.47. The van der Waals surface area contributed by atoms with Gasteiger partial charge in [-0.2, -0.15) is 0 Å². The number of alkyl halides is 1. The molecular formula is C12H16FN4O8P. The van der Waals surface area contributed by atoms with Crippen LogP contribution in [0.3, 0.4) is 0 Å². The molecular weight excluding hydrogens is 378 g/mol. The fourth-order valence-corrected chi connectivity index (χ4v) is 3.20. The van der Waals surface area contributed by atoms with E-state index in [1.807, 2.05) is 0 Å². The minimum atomic E-state index is -5.08. The number of nitrogen functional groups attached to an aromatic ring is 1. The van der Waals surface area contributed by atoms with Crippen molar-refractivity contribution in [3.63, 3.8) is 0 Å². The Morgan fingerprint density at radius 1 is 1.38 bits per heavy atom. The molecule has 1 aliphatic heterocycles. The van der Waals surface area contributed by atoms with Crippen LogP contribution < -0.4 is 5.73 Å². The van der Waals surface area contributed by atoms with Gasteiger partial charge in [0, 0.05) is 6.20 Å². The van der Waals surface area contributed by atoms with Gasteiger partial charge in [-0.1, -0.05) is 0 Å². The minimum Gasteiger partial charge on any atom is -0.391 e. The van der Waals surface area contributed by atoms with E-state index in [1.165, 1.54) is 12.3 Å². The van der Waals surface area contributed by atoms with E-state index in [0.29, 0.717) is 5.39 Å². The van der Waals surface area contributed by atoms with Gasteiger partial charge in [0.15, 0.2) is 0 Å². The van der Waals surface area contributed by atoms with Crippen LogP contribution in [0.5, 0.6) is 0 Å². The summed E-state index contributed by atoms with van der Waals surface area (Å²) in [4.78, 5) is 25.2. The Bertz CT molecular complexity index is 876. The average Bonchev–Trinajstić information content (AvgIpc) is 3.09. The molecule has 0 amide bonds. The molecule has 0 saturated carbocycles. The maximum atomic E-state index is 15.0. The van der Waals surface area contributed by atoms with Crippen LogP contribution in [-0.4, -0.2) is 70.9 Å². The van der Waals surface area contributed by atoms with Gasteiger partial charge in [-0.15, -0.1) is 0 Å². The minimum absolute atomic E-state index is 0.0676. The molecule has 0 aliphatic carbocycles. The van der Waals surface area contributed by atoms with Crippen molar-refractivity contribution < 1.29 is 43.3 Å². The molecule has 144 valence electrons. The normalized spacial score (nSPS) is 32.4. The summed E-state index contributed by atoms with van der Waals surface area (Å²) in [6.45, 7) is -2.41. The number of aliphatic hydroxyl groups is 3. The second-order valence-electron chi connectivity index (χ2n) is 5.73. The third kappa shape index (κ3) is 2.88. The van der Waals surface area contributed by atoms with Gasteiger partial charge in [0.2, 0.25) is 5.72 Å². The maximum Gasteiger partial charge on any atom is 0.469 e. The number of anilines is 1. The van der Waals surface area contributed by atoms with Gasteiger partial charge in [-0.25, -0.2) is 18.9 Å². The Morgan fingerprint density at radius 2 is 2.08 bits per heavy atom. The molecule has 26 heavy (non-hydrogen) atoms. The van der Waals surface area contributed by atoms with Gasteiger partial charge in [0.25, 0.3) is 5.85 Å². The lowest BCUT2D eigenvalue weighted by Gasteiger charge is -2.32. The van der Waals surface area contributed by atoms with Crippen LogP contribution in [0.2, 0.25) is 0 Å². The number of hydrogen-bond acceptors (Lipinski definition) is 9. The van der Waals surface area contributed by atoms with Crippen LogP contribution in [0.4, 0.5) is 10.2 Å². The number of nitrogens with two attached hydrogens (primary N) is 1. The number of nitrogens with zero attached hydrogens (tertiary/aromatic N) is 3. The van der Waals surface area contributed by atoms with E-state index < -0.39 is 44.8 Å². The fourth-order valence-electron chi connectivity index (χ4n) is 2.85. The summed E-state index contributed by atoms with van der Waals surface area (Å²) in [7, 11) is -5.08. The van der Waals surface area contributed by atoms with Crippen LogP contribution in [0.15, 0.2) is 18.6 Å². The van der Waals surface area contributed by atoms with E-state index in [0.717, 1.165) is 10.9 Å². The summed E-state index contributed by atoms with van der Waals surface area (Å²) in [6.07, 6.45) is -1.96. The van der Waals surface area contributed by atoms with Gasteiger partial charge >= 0.3 is 7.82 Å². The van der Waals surface area contributed by atoms with Crippen molar-refractivity contribution in [3.05, 3.63) is 18.6 Å². The van der Waals surface area contributed by atoms with Gasteiger partial charge in [0.05, 0.1) is 12.0 Å². The van der Waals surface area contributed by atoms with E-state index in [2.05, 4.69) is 14.5 Å². The molecule has 0 aromatic carbocycles. The van der Waals surface area contributed by atoms with Crippen molar-refractivity contribution >= 4 is 24.7 Å². The lowest BCUT2D eigenvalue weighted by atomic mass is 10.0. The zero-order valence-electron chi connectivity index (χ0n) is 13.0. The van der Waals surface area contributed by atoms with E-state index >= 15 is 0 Å². The van der Waals surface area contributed by atoms with E-state index in [4.69, 9.17) is 20.3 Å². The third-order valence-electron chi connectivity index (χ3n) is 4.13. The van der Waals surface area contributed by atoms with Crippen LogP contribution in [0, 0.1) is 0 Å². The van der Waals surface area contributed by atoms with Gasteiger partial charge in [0.1, 0.15) is 36.6 Å². The number of aromatic nitrogens is 3. The van der Waals surface area contributed by atoms with Crippen LogP contribution >= 0.6 is 7.82 Å². The van der Waals surface area contributed by atoms with Crippen LogP contribution in [0.1, 0.15) is 0 Å². The first-order valence-electron chi connectivity index (χ1n) is 7.18. The van der Waals surface area contributed by atoms with Gasteiger partial charge < -0.3 is 35.6 Å². The number of phosphoric ester groups is 1. The second-order valence-corrected chi connectivity index (χ2v) is 6.97. The standard InChI is InChI=1S/C12H16FN4O8P/c13-11(4-24-26(21,22)23)7(19)8(20)12(3-18,25-11)17-2-1-6-9(14)15-5-16-10(6)17/h1-2,5,7-8,18-20H,3-4H2,(H2,14,15,16)(H2,21,22,23)/t7-,8+,11+,12+/m0/s1. The third-order valence-corrected chi connectivity index (χ3v) is 4.59. The summed E-state index contributed by atoms with van der Waals surface area (Å²) in [5.41, 5.74) is 3.52. The smallest absolute Gasteiger partial charge is 0.391 e. The summed E-state index contributed by atoms with van der Waals surface area (Å²) >= 11 is 0. The van der Waals surface area contributed by atoms with E-state index in [-0.39, 0.29) is 11.5 Å².